The van der Waals surface area contributed by atoms with Gasteiger partial charge in [-0.1, -0.05) is 26.7 Å². The number of hydrogen-bond donors (Lipinski definition) is 2. The van der Waals surface area contributed by atoms with Gasteiger partial charge in [0.05, 0.1) is 11.2 Å². The molecule has 1 aliphatic heterocycles. The predicted molar refractivity (Wildman–Crippen MR) is 99.3 cm³/mol. The molecule has 2 fully saturated rings. The average Bonchev–Trinajstić information content (AvgIpc) is 3.09. The molecule has 26 heavy (non-hydrogen) atoms. The Hall–Kier alpha value is -1.89. The minimum absolute atomic E-state index is 0.0497. The van der Waals surface area contributed by atoms with Gasteiger partial charge in [0, 0.05) is 44.4 Å². The lowest BCUT2D eigenvalue weighted by atomic mass is 9.97. The van der Waals surface area contributed by atoms with Crippen LogP contribution in [-0.2, 0) is 23.2 Å². The number of carbonyl (C=O) groups is 2. The van der Waals surface area contributed by atoms with Crippen molar-refractivity contribution in [2.24, 2.45) is 13.0 Å². The van der Waals surface area contributed by atoms with Crippen LogP contribution < -0.4 is 10.6 Å². The Morgan fingerprint density at radius 1 is 1.42 bits per heavy atom. The highest BCUT2D eigenvalue weighted by molar-refractivity contribution is 5.89. The van der Waals surface area contributed by atoms with E-state index >= 15 is 0 Å². The number of aryl methyl sites for hydroxylation is 2. The third-order valence-corrected chi connectivity index (χ3v) is 5.58. The molecule has 1 unspecified atom stereocenters. The highest BCUT2D eigenvalue weighted by Gasteiger charge is 2.42. The molecule has 7 nitrogen and oxygen atoms in total. The summed E-state index contributed by atoms with van der Waals surface area (Å²) in [6.45, 7) is 7.80. The number of nitrogens with zero attached hydrogens (tertiary/aromatic N) is 3. The Balaban J connectivity index is 1.81. The van der Waals surface area contributed by atoms with E-state index in [1.54, 1.807) is 0 Å². The lowest BCUT2D eigenvalue weighted by Gasteiger charge is -2.32. The second kappa shape index (κ2) is 7.39. The molecule has 0 radical (unpaired) electrons. The quantitative estimate of drug-likeness (QED) is 0.842. The van der Waals surface area contributed by atoms with Gasteiger partial charge in [0.1, 0.15) is 6.04 Å². The van der Waals surface area contributed by atoms with Crippen molar-refractivity contribution < 1.29 is 9.59 Å². The highest BCUT2D eigenvalue weighted by atomic mass is 16.2. The number of carbonyl (C=O) groups excluding carboxylic acids is 2. The SMILES string of the molecule is Cc1nn(C)cc1CN1CC(NC(=O)C(C)C)C(=O)NC2(CCCC2)C1. The average molecular weight is 361 g/mol. The van der Waals surface area contributed by atoms with Crippen LogP contribution >= 0.6 is 0 Å². The molecule has 144 valence electrons. The van der Waals surface area contributed by atoms with Crippen molar-refractivity contribution in [3.8, 4) is 0 Å². The normalized spacial score (nSPS) is 23.3. The van der Waals surface area contributed by atoms with Gasteiger partial charge in [-0.05, 0) is 19.8 Å². The summed E-state index contributed by atoms with van der Waals surface area (Å²) in [4.78, 5) is 27.3. The lowest BCUT2D eigenvalue weighted by Crippen LogP contribution is -2.54. The van der Waals surface area contributed by atoms with E-state index in [4.69, 9.17) is 0 Å². The standard InChI is InChI=1S/C19H31N5O2/c1-13(2)17(25)20-16-11-24(10-15-9-23(4)22-14(15)3)12-19(21-18(16)26)7-5-6-8-19/h9,13,16H,5-8,10-12H2,1-4H3,(H,20,25)(H,21,26). The van der Waals surface area contributed by atoms with E-state index in [0.717, 1.165) is 44.5 Å². The summed E-state index contributed by atoms with van der Waals surface area (Å²) in [6, 6.07) is -0.512. The molecule has 2 heterocycles. The van der Waals surface area contributed by atoms with E-state index in [2.05, 4.69) is 20.6 Å². The molecular formula is C19H31N5O2. The third-order valence-electron chi connectivity index (χ3n) is 5.58. The Bertz CT molecular complexity index is 675. The van der Waals surface area contributed by atoms with Crippen LogP contribution in [0.25, 0.3) is 0 Å². The van der Waals surface area contributed by atoms with E-state index in [-0.39, 0.29) is 23.3 Å². The molecule has 1 saturated heterocycles. The van der Waals surface area contributed by atoms with Crippen LogP contribution in [0.4, 0.5) is 0 Å². The fourth-order valence-electron chi connectivity index (χ4n) is 4.17. The summed E-state index contributed by atoms with van der Waals surface area (Å²) in [5.74, 6) is -0.267. The molecule has 2 N–H and O–H groups in total. The molecule has 7 heteroatoms. The van der Waals surface area contributed by atoms with Gasteiger partial charge in [-0.2, -0.15) is 5.10 Å². The van der Waals surface area contributed by atoms with Crippen LogP contribution in [0, 0.1) is 12.8 Å². The first kappa shape index (κ1) is 18.9. The van der Waals surface area contributed by atoms with Gasteiger partial charge < -0.3 is 10.6 Å². The van der Waals surface area contributed by atoms with Crippen molar-refractivity contribution >= 4 is 11.8 Å². The van der Waals surface area contributed by atoms with Gasteiger partial charge in [-0.3, -0.25) is 19.2 Å². The fourth-order valence-corrected chi connectivity index (χ4v) is 4.17. The maximum atomic E-state index is 12.8. The molecule has 1 saturated carbocycles. The van der Waals surface area contributed by atoms with E-state index in [9.17, 15) is 9.59 Å². The number of hydrogen-bond acceptors (Lipinski definition) is 4. The largest absolute Gasteiger partial charge is 0.348 e. The van der Waals surface area contributed by atoms with Crippen LogP contribution in [0.3, 0.4) is 0 Å². The van der Waals surface area contributed by atoms with Gasteiger partial charge in [0.25, 0.3) is 0 Å². The Morgan fingerprint density at radius 2 is 2.12 bits per heavy atom. The van der Waals surface area contributed by atoms with Crippen LogP contribution in [0.2, 0.25) is 0 Å². The molecule has 0 bridgehead atoms. The Morgan fingerprint density at radius 3 is 2.69 bits per heavy atom. The molecule has 1 atom stereocenters. The molecule has 2 aliphatic rings. The zero-order chi connectivity index (χ0) is 18.9. The molecule has 2 amide bonds. The maximum Gasteiger partial charge on any atom is 0.244 e. The molecular weight excluding hydrogens is 330 g/mol. The Kier molecular flexibility index (Phi) is 5.37. The van der Waals surface area contributed by atoms with E-state index < -0.39 is 6.04 Å². The number of rotatable bonds is 4. The second-order valence-corrected chi connectivity index (χ2v) is 8.28. The first-order chi connectivity index (χ1) is 12.3. The van der Waals surface area contributed by atoms with E-state index in [1.165, 1.54) is 5.56 Å². The molecule has 1 aromatic rings. The van der Waals surface area contributed by atoms with Gasteiger partial charge in [0.2, 0.25) is 11.8 Å². The smallest absolute Gasteiger partial charge is 0.244 e. The predicted octanol–water partition coefficient (Wildman–Crippen LogP) is 1.11. The van der Waals surface area contributed by atoms with Crippen LogP contribution in [-0.4, -0.2) is 51.2 Å². The summed E-state index contributed by atoms with van der Waals surface area (Å²) in [6.07, 6.45) is 6.34. The molecule has 3 rings (SSSR count). The first-order valence-corrected chi connectivity index (χ1v) is 9.62. The fraction of sp³-hybridized carbons (Fsp3) is 0.737. The molecule has 0 aromatic carbocycles. The van der Waals surface area contributed by atoms with Gasteiger partial charge >= 0.3 is 0 Å². The minimum Gasteiger partial charge on any atom is -0.348 e. The second-order valence-electron chi connectivity index (χ2n) is 8.28. The van der Waals surface area contributed by atoms with Crippen molar-refractivity contribution in [2.75, 3.05) is 13.1 Å². The topological polar surface area (TPSA) is 79.3 Å². The van der Waals surface area contributed by atoms with Crippen LogP contribution in [0.1, 0.15) is 50.8 Å². The van der Waals surface area contributed by atoms with Crippen molar-refractivity contribution in [1.82, 2.24) is 25.3 Å². The highest BCUT2D eigenvalue weighted by Crippen LogP contribution is 2.32. The summed E-state index contributed by atoms with van der Waals surface area (Å²) < 4.78 is 1.83. The zero-order valence-corrected chi connectivity index (χ0v) is 16.3. The zero-order valence-electron chi connectivity index (χ0n) is 16.3. The van der Waals surface area contributed by atoms with Crippen LogP contribution in [0.15, 0.2) is 6.20 Å². The first-order valence-electron chi connectivity index (χ1n) is 9.62. The van der Waals surface area contributed by atoms with Crippen molar-refractivity contribution in [2.45, 2.75) is 64.6 Å². The Labute approximate surface area is 155 Å². The summed E-state index contributed by atoms with van der Waals surface area (Å²) in [5.41, 5.74) is 2.02. The van der Waals surface area contributed by atoms with Crippen molar-refractivity contribution in [1.29, 1.82) is 0 Å². The van der Waals surface area contributed by atoms with E-state index in [1.807, 2.05) is 38.7 Å². The monoisotopic (exact) mass is 361 g/mol. The maximum absolute atomic E-state index is 12.8. The summed E-state index contributed by atoms with van der Waals surface area (Å²) >= 11 is 0. The van der Waals surface area contributed by atoms with Gasteiger partial charge in [-0.25, -0.2) is 0 Å². The minimum atomic E-state index is -0.512. The summed E-state index contributed by atoms with van der Waals surface area (Å²) in [7, 11) is 1.92. The van der Waals surface area contributed by atoms with Gasteiger partial charge in [0.15, 0.2) is 0 Å². The molecule has 1 aliphatic carbocycles. The van der Waals surface area contributed by atoms with Crippen molar-refractivity contribution in [3.05, 3.63) is 17.5 Å². The number of amides is 2. The van der Waals surface area contributed by atoms with Crippen LogP contribution in [0.5, 0.6) is 0 Å². The molecule has 1 aromatic heterocycles. The van der Waals surface area contributed by atoms with Crippen molar-refractivity contribution in [3.63, 3.8) is 0 Å². The lowest BCUT2D eigenvalue weighted by molar-refractivity contribution is -0.131. The summed E-state index contributed by atoms with van der Waals surface area (Å²) in [5, 5.41) is 10.6. The molecule has 1 spiro atoms. The van der Waals surface area contributed by atoms with E-state index in [0.29, 0.717) is 6.54 Å². The third kappa shape index (κ3) is 4.09. The number of nitrogens with one attached hydrogen (secondary N) is 2. The number of aromatic nitrogens is 2. The van der Waals surface area contributed by atoms with Gasteiger partial charge in [-0.15, -0.1) is 0 Å².